The lowest BCUT2D eigenvalue weighted by Gasteiger charge is -2.15. The van der Waals surface area contributed by atoms with Crippen molar-refractivity contribution in [3.63, 3.8) is 0 Å². The van der Waals surface area contributed by atoms with Crippen molar-refractivity contribution in [1.29, 1.82) is 0 Å². The highest BCUT2D eigenvalue weighted by Crippen LogP contribution is 2.45. The topological polar surface area (TPSA) is 70.5 Å². The summed E-state index contributed by atoms with van der Waals surface area (Å²) in [5, 5.41) is 0.452. The lowest BCUT2D eigenvalue weighted by molar-refractivity contribution is 0.241. The number of fused-ring (bicyclic) bond motifs is 1. The highest BCUT2D eigenvalue weighted by atomic mass is 35.5. The Labute approximate surface area is 190 Å². The fourth-order valence-electron chi connectivity index (χ4n) is 3.02. The SMILES string of the molecule is C/C=C\C=C/C.CC.NCCOc1cccc(F)c1-c1c(Cl)ccc2c1CC(CN)O2. The Bertz CT molecular complexity index is 859. The number of benzene rings is 2. The number of allylic oxidation sites excluding steroid dienone is 4. The van der Waals surface area contributed by atoms with Crippen molar-refractivity contribution in [2.75, 3.05) is 19.7 Å². The maximum Gasteiger partial charge on any atom is 0.134 e. The second-order valence-corrected chi connectivity index (χ2v) is 6.79. The van der Waals surface area contributed by atoms with Crippen LogP contribution in [-0.4, -0.2) is 25.8 Å². The van der Waals surface area contributed by atoms with E-state index in [9.17, 15) is 4.39 Å². The number of hydrogen-bond acceptors (Lipinski definition) is 4. The van der Waals surface area contributed by atoms with Gasteiger partial charge in [-0.3, -0.25) is 0 Å². The van der Waals surface area contributed by atoms with Crippen LogP contribution in [0.4, 0.5) is 4.39 Å². The van der Waals surface area contributed by atoms with Crippen molar-refractivity contribution in [2.45, 2.75) is 40.2 Å². The standard InChI is InChI=1S/C17H18ClFN2O2.C6H10.C2H6/c18-12-4-5-14-11(8-10(9-21)23-14)16(12)17-13(19)2-1-3-15(17)22-7-6-20;1-3-5-6-4-2;1-2/h1-5,10H,6-9,20-21H2;3-6H,1-2H3;1-2H3/b;5-3-,6-4-;. The summed E-state index contributed by atoms with van der Waals surface area (Å²) in [4.78, 5) is 0. The van der Waals surface area contributed by atoms with Gasteiger partial charge in [0.25, 0.3) is 0 Å². The summed E-state index contributed by atoms with van der Waals surface area (Å²) in [5.41, 5.74) is 13.0. The molecule has 4 nitrogen and oxygen atoms in total. The summed E-state index contributed by atoms with van der Waals surface area (Å²) in [6.07, 6.45) is 8.47. The first-order valence-corrected chi connectivity index (χ1v) is 11.0. The number of hydrogen-bond donors (Lipinski definition) is 2. The molecule has 0 bridgehead atoms. The molecule has 0 spiro atoms. The predicted molar refractivity (Wildman–Crippen MR) is 130 cm³/mol. The van der Waals surface area contributed by atoms with Gasteiger partial charge in [0, 0.05) is 35.7 Å². The normalized spacial score (nSPS) is 14.4. The third-order valence-electron chi connectivity index (χ3n) is 4.30. The molecule has 0 radical (unpaired) electrons. The fraction of sp³-hybridized carbons (Fsp3) is 0.360. The van der Waals surface area contributed by atoms with Crippen LogP contribution in [0.15, 0.2) is 54.6 Å². The Balaban J connectivity index is 0.000000521. The second-order valence-electron chi connectivity index (χ2n) is 6.38. The third kappa shape index (κ3) is 7.39. The van der Waals surface area contributed by atoms with Crippen LogP contribution in [0, 0.1) is 5.82 Å². The van der Waals surface area contributed by atoms with Crippen molar-refractivity contribution in [3.05, 3.63) is 71.0 Å². The summed E-state index contributed by atoms with van der Waals surface area (Å²) in [7, 11) is 0. The van der Waals surface area contributed by atoms with Gasteiger partial charge in [-0.15, -0.1) is 0 Å². The molecule has 6 heteroatoms. The van der Waals surface area contributed by atoms with Crippen molar-refractivity contribution < 1.29 is 13.9 Å². The molecule has 31 heavy (non-hydrogen) atoms. The predicted octanol–water partition coefficient (Wildman–Crippen LogP) is 5.91. The van der Waals surface area contributed by atoms with E-state index in [1.165, 1.54) is 6.07 Å². The second kappa shape index (κ2) is 14.6. The molecular weight excluding hydrogens is 415 g/mol. The van der Waals surface area contributed by atoms with E-state index >= 15 is 0 Å². The van der Waals surface area contributed by atoms with Crippen LogP contribution in [0.25, 0.3) is 11.1 Å². The number of ether oxygens (including phenoxy) is 2. The van der Waals surface area contributed by atoms with Gasteiger partial charge in [0.1, 0.15) is 30.0 Å². The first-order chi connectivity index (χ1) is 15.1. The minimum atomic E-state index is -0.397. The lowest BCUT2D eigenvalue weighted by atomic mass is 9.95. The Kier molecular flexibility index (Phi) is 12.6. The largest absolute Gasteiger partial charge is 0.492 e. The van der Waals surface area contributed by atoms with E-state index in [1.54, 1.807) is 24.3 Å². The molecule has 0 fully saturated rings. The minimum Gasteiger partial charge on any atom is -0.492 e. The zero-order chi connectivity index (χ0) is 23.2. The van der Waals surface area contributed by atoms with Crippen molar-refractivity contribution in [3.8, 4) is 22.6 Å². The molecule has 3 rings (SSSR count). The molecule has 2 aromatic carbocycles. The number of halogens is 2. The summed E-state index contributed by atoms with van der Waals surface area (Å²) >= 11 is 6.38. The quantitative estimate of drug-likeness (QED) is 0.539. The molecule has 0 saturated carbocycles. The number of nitrogens with two attached hydrogens (primary N) is 2. The van der Waals surface area contributed by atoms with E-state index in [0.29, 0.717) is 53.8 Å². The van der Waals surface area contributed by atoms with E-state index in [4.69, 9.17) is 32.5 Å². The van der Waals surface area contributed by atoms with Gasteiger partial charge in [0.2, 0.25) is 0 Å². The van der Waals surface area contributed by atoms with Crippen LogP contribution in [0.5, 0.6) is 11.5 Å². The first kappa shape index (κ1) is 26.7. The van der Waals surface area contributed by atoms with E-state index in [-0.39, 0.29) is 6.10 Å². The van der Waals surface area contributed by atoms with Gasteiger partial charge in [0.15, 0.2) is 0 Å². The summed E-state index contributed by atoms with van der Waals surface area (Å²) < 4.78 is 25.9. The lowest BCUT2D eigenvalue weighted by Crippen LogP contribution is -2.24. The van der Waals surface area contributed by atoms with Crippen LogP contribution in [0.3, 0.4) is 0 Å². The molecule has 1 atom stereocenters. The molecule has 2 aromatic rings. The van der Waals surface area contributed by atoms with E-state index in [0.717, 1.165) is 5.56 Å². The Morgan fingerprint density at radius 2 is 1.77 bits per heavy atom. The highest BCUT2D eigenvalue weighted by molar-refractivity contribution is 6.33. The molecule has 4 N–H and O–H groups in total. The van der Waals surface area contributed by atoms with Gasteiger partial charge in [-0.2, -0.15) is 0 Å². The van der Waals surface area contributed by atoms with Crippen LogP contribution in [0.1, 0.15) is 33.3 Å². The number of rotatable bonds is 6. The minimum absolute atomic E-state index is 0.123. The molecule has 170 valence electrons. The smallest absolute Gasteiger partial charge is 0.134 e. The van der Waals surface area contributed by atoms with Gasteiger partial charge < -0.3 is 20.9 Å². The molecule has 1 aliphatic heterocycles. The Morgan fingerprint density at radius 1 is 1.10 bits per heavy atom. The molecule has 0 aliphatic carbocycles. The van der Waals surface area contributed by atoms with Crippen LogP contribution in [-0.2, 0) is 6.42 Å². The molecular formula is C25H34ClFN2O2. The highest BCUT2D eigenvalue weighted by Gasteiger charge is 2.29. The Morgan fingerprint density at radius 3 is 2.35 bits per heavy atom. The van der Waals surface area contributed by atoms with Gasteiger partial charge in [0.05, 0.1) is 5.56 Å². The molecule has 0 amide bonds. The van der Waals surface area contributed by atoms with Crippen molar-refractivity contribution in [2.24, 2.45) is 11.5 Å². The molecule has 1 aliphatic rings. The van der Waals surface area contributed by atoms with E-state index in [2.05, 4.69) is 0 Å². The van der Waals surface area contributed by atoms with Crippen molar-refractivity contribution in [1.82, 2.24) is 0 Å². The third-order valence-corrected chi connectivity index (χ3v) is 4.62. The zero-order valence-electron chi connectivity index (χ0n) is 18.8. The monoisotopic (exact) mass is 448 g/mol. The van der Waals surface area contributed by atoms with Crippen molar-refractivity contribution >= 4 is 11.6 Å². The van der Waals surface area contributed by atoms with Crippen LogP contribution < -0.4 is 20.9 Å². The molecule has 1 unspecified atom stereocenters. The maximum absolute atomic E-state index is 14.6. The Hall–Kier alpha value is -2.34. The van der Waals surface area contributed by atoms with E-state index in [1.807, 2.05) is 52.0 Å². The van der Waals surface area contributed by atoms with Crippen LogP contribution in [0.2, 0.25) is 5.02 Å². The first-order valence-electron chi connectivity index (χ1n) is 10.6. The van der Waals surface area contributed by atoms with Gasteiger partial charge in [-0.05, 0) is 38.1 Å². The van der Waals surface area contributed by atoms with Gasteiger partial charge in [-0.1, -0.05) is 55.8 Å². The zero-order valence-corrected chi connectivity index (χ0v) is 19.6. The van der Waals surface area contributed by atoms with Gasteiger partial charge in [-0.25, -0.2) is 4.39 Å². The summed E-state index contributed by atoms with van der Waals surface area (Å²) in [5.74, 6) is 0.709. The van der Waals surface area contributed by atoms with Gasteiger partial charge >= 0.3 is 0 Å². The van der Waals surface area contributed by atoms with Crippen LogP contribution >= 0.6 is 11.6 Å². The molecule has 1 heterocycles. The molecule has 0 aromatic heterocycles. The summed E-state index contributed by atoms with van der Waals surface area (Å²) in [6.45, 7) is 9.03. The van der Waals surface area contributed by atoms with E-state index < -0.39 is 5.82 Å². The molecule has 0 saturated heterocycles. The fourth-order valence-corrected chi connectivity index (χ4v) is 3.29. The maximum atomic E-state index is 14.6. The average molecular weight is 449 g/mol. The summed E-state index contributed by atoms with van der Waals surface area (Å²) in [6, 6.07) is 8.18. The average Bonchev–Trinajstić information content (AvgIpc) is 3.22.